The number of methoxy groups -OCH3 is 2. The fraction of sp³-hybridized carbons (Fsp3) is 0.625. The maximum absolute atomic E-state index is 12.5. The first-order valence-electron chi connectivity index (χ1n) is 7.79. The van der Waals surface area contributed by atoms with Crippen molar-refractivity contribution in [3.05, 3.63) is 29.8 Å². The van der Waals surface area contributed by atoms with Crippen LogP contribution in [0.1, 0.15) is 18.4 Å². The third-order valence-electron chi connectivity index (χ3n) is 4.30. The van der Waals surface area contributed by atoms with Crippen LogP contribution in [0.3, 0.4) is 0 Å². The van der Waals surface area contributed by atoms with Crippen molar-refractivity contribution in [2.45, 2.75) is 24.3 Å². The van der Waals surface area contributed by atoms with Crippen LogP contribution in [0.4, 0.5) is 0 Å². The van der Waals surface area contributed by atoms with Crippen LogP contribution < -0.4 is 10.0 Å². The van der Waals surface area contributed by atoms with Crippen molar-refractivity contribution < 1.29 is 17.9 Å². The maximum Gasteiger partial charge on any atom is 0.240 e. The van der Waals surface area contributed by atoms with Crippen molar-refractivity contribution >= 4 is 10.0 Å². The van der Waals surface area contributed by atoms with Crippen molar-refractivity contribution in [2.75, 3.05) is 40.5 Å². The number of rotatable bonds is 8. The molecule has 0 aliphatic carbocycles. The predicted molar refractivity (Wildman–Crippen MR) is 88.8 cm³/mol. The average molecular weight is 342 g/mol. The molecule has 7 heteroatoms. The molecule has 0 aromatic heterocycles. The Morgan fingerprint density at radius 3 is 2.35 bits per heavy atom. The van der Waals surface area contributed by atoms with Crippen LogP contribution in [-0.2, 0) is 26.1 Å². The van der Waals surface area contributed by atoms with Gasteiger partial charge in [-0.25, -0.2) is 13.1 Å². The fourth-order valence-electron chi connectivity index (χ4n) is 2.90. The van der Waals surface area contributed by atoms with Gasteiger partial charge in [0, 0.05) is 26.2 Å². The number of nitrogens with one attached hydrogen (secondary N) is 2. The largest absolute Gasteiger partial charge is 0.384 e. The molecule has 1 saturated heterocycles. The lowest BCUT2D eigenvalue weighted by Gasteiger charge is -2.37. The van der Waals surface area contributed by atoms with Crippen molar-refractivity contribution in [2.24, 2.45) is 5.41 Å². The quantitative estimate of drug-likeness (QED) is 0.741. The SMILES string of the molecule is COCc1ccc(S(=O)(=O)NCC2(COC)CCNCC2)cc1. The highest BCUT2D eigenvalue weighted by Gasteiger charge is 2.33. The molecule has 6 nitrogen and oxygen atoms in total. The minimum Gasteiger partial charge on any atom is -0.384 e. The summed E-state index contributed by atoms with van der Waals surface area (Å²) in [6.45, 7) is 3.19. The van der Waals surface area contributed by atoms with Gasteiger partial charge in [-0.2, -0.15) is 0 Å². The predicted octanol–water partition coefficient (Wildman–Crippen LogP) is 1.13. The lowest BCUT2D eigenvalue weighted by Crippen LogP contribution is -2.47. The van der Waals surface area contributed by atoms with E-state index in [4.69, 9.17) is 9.47 Å². The molecule has 1 aromatic carbocycles. The molecule has 0 bridgehead atoms. The standard InChI is InChI=1S/C16H26N2O4S/c1-21-11-14-3-5-15(6-4-14)23(19,20)18-12-16(13-22-2)7-9-17-10-8-16/h3-6,17-18H,7-13H2,1-2H3. The van der Waals surface area contributed by atoms with Crippen LogP contribution in [0.25, 0.3) is 0 Å². The molecule has 2 rings (SSSR count). The van der Waals surface area contributed by atoms with Gasteiger partial charge in [0.2, 0.25) is 10.0 Å². The highest BCUT2D eigenvalue weighted by atomic mass is 32.2. The third-order valence-corrected chi connectivity index (χ3v) is 5.71. The van der Waals surface area contributed by atoms with Crippen molar-refractivity contribution in [1.82, 2.24) is 10.0 Å². The van der Waals surface area contributed by atoms with Crippen molar-refractivity contribution in [1.29, 1.82) is 0 Å². The molecule has 0 atom stereocenters. The van der Waals surface area contributed by atoms with E-state index in [-0.39, 0.29) is 10.3 Å². The molecule has 1 aromatic rings. The van der Waals surface area contributed by atoms with E-state index in [0.717, 1.165) is 31.5 Å². The first-order valence-corrected chi connectivity index (χ1v) is 9.27. The summed E-state index contributed by atoms with van der Waals surface area (Å²) in [5.41, 5.74) is 0.809. The summed E-state index contributed by atoms with van der Waals surface area (Å²) in [4.78, 5) is 0.277. The topological polar surface area (TPSA) is 76.7 Å². The van der Waals surface area contributed by atoms with Crippen molar-refractivity contribution in [3.63, 3.8) is 0 Å². The molecule has 0 amide bonds. The van der Waals surface area contributed by atoms with Gasteiger partial charge in [-0.05, 0) is 43.6 Å². The normalized spacial score (nSPS) is 18.0. The average Bonchev–Trinajstić information content (AvgIpc) is 2.55. The number of sulfonamides is 1. The number of piperidine rings is 1. The minimum absolute atomic E-state index is 0.136. The lowest BCUT2D eigenvalue weighted by molar-refractivity contribution is 0.0577. The molecule has 0 saturated carbocycles. The summed E-state index contributed by atoms with van der Waals surface area (Å²) in [7, 11) is -0.243. The second kappa shape index (κ2) is 8.21. The Labute approximate surface area is 138 Å². The van der Waals surface area contributed by atoms with Crippen molar-refractivity contribution in [3.8, 4) is 0 Å². The first-order chi connectivity index (χ1) is 11.0. The van der Waals surface area contributed by atoms with Crippen LogP contribution in [0.2, 0.25) is 0 Å². The van der Waals surface area contributed by atoms with Crippen LogP contribution in [0.5, 0.6) is 0 Å². The summed E-state index contributed by atoms with van der Waals surface area (Å²) in [5.74, 6) is 0. The minimum atomic E-state index is -3.51. The van der Waals surface area contributed by atoms with Gasteiger partial charge in [0.05, 0.1) is 18.1 Å². The second-order valence-electron chi connectivity index (χ2n) is 6.08. The zero-order chi connectivity index (χ0) is 16.8. The first kappa shape index (κ1) is 18.4. The molecule has 2 N–H and O–H groups in total. The van der Waals surface area contributed by atoms with Gasteiger partial charge in [-0.15, -0.1) is 0 Å². The van der Waals surface area contributed by atoms with Crippen LogP contribution >= 0.6 is 0 Å². The zero-order valence-corrected chi connectivity index (χ0v) is 14.6. The number of hydrogen-bond donors (Lipinski definition) is 2. The molecule has 1 aliphatic rings. The Hall–Kier alpha value is -0.990. The van der Waals surface area contributed by atoms with E-state index in [1.54, 1.807) is 38.5 Å². The van der Waals surface area contributed by atoms with Gasteiger partial charge < -0.3 is 14.8 Å². The highest BCUT2D eigenvalue weighted by Crippen LogP contribution is 2.28. The number of benzene rings is 1. The number of ether oxygens (including phenoxy) is 2. The Balaban J connectivity index is 2.04. The molecule has 0 radical (unpaired) electrons. The van der Waals surface area contributed by atoms with E-state index in [9.17, 15) is 8.42 Å². The monoisotopic (exact) mass is 342 g/mol. The molecule has 1 heterocycles. The molecule has 23 heavy (non-hydrogen) atoms. The third kappa shape index (κ3) is 4.99. The molecule has 0 spiro atoms. The van der Waals surface area contributed by atoms with Gasteiger partial charge in [-0.1, -0.05) is 12.1 Å². The van der Waals surface area contributed by atoms with Crippen LogP contribution in [0, 0.1) is 5.41 Å². The van der Waals surface area contributed by atoms with E-state index in [0.29, 0.717) is 19.8 Å². The van der Waals surface area contributed by atoms with E-state index in [1.165, 1.54) is 0 Å². The van der Waals surface area contributed by atoms with E-state index in [2.05, 4.69) is 10.0 Å². The fourth-order valence-corrected chi connectivity index (χ4v) is 4.06. The molecular formula is C16H26N2O4S. The van der Waals surface area contributed by atoms with Gasteiger partial charge in [0.25, 0.3) is 0 Å². The zero-order valence-electron chi connectivity index (χ0n) is 13.8. The Bertz CT molecular complexity index is 575. The smallest absolute Gasteiger partial charge is 0.240 e. The van der Waals surface area contributed by atoms with E-state index in [1.807, 2.05) is 0 Å². The summed E-state index contributed by atoms with van der Waals surface area (Å²) >= 11 is 0. The summed E-state index contributed by atoms with van der Waals surface area (Å²) in [6, 6.07) is 6.77. The summed E-state index contributed by atoms with van der Waals surface area (Å²) in [5, 5.41) is 3.30. The van der Waals surface area contributed by atoms with E-state index >= 15 is 0 Å². The molecule has 1 aliphatic heterocycles. The van der Waals surface area contributed by atoms with Gasteiger partial charge >= 0.3 is 0 Å². The Kier molecular flexibility index (Phi) is 6.55. The lowest BCUT2D eigenvalue weighted by atomic mass is 9.80. The molecule has 1 fully saturated rings. The van der Waals surface area contributed by atoms with Crippen LogP contribution in [0.15, 0.2) is 29.2 Å². The van der Waals surface area contributed by atoms with Gasteiger partial charge in [0.1, 0.15) is 0 Å². The summed E-state index contributed by atoms with van der Waals surface area (Å²) < 4.78 is 38.1. The highest BCUT2D eigenvalue weighted by molar-refractivity contribution is 7.89. The maximum atomic E-state index is 12.5. The summed E-state index contributed by atoms with van der Waals surface area (Å²) in [6.07, 6.45) is 1.80. The second-order valence-corrected chi connectivity index (χ2v) is 7.85. The van der Waals surface area contributed by atoms with E-state index < -0.39 is 10.0 Å². The Morgan fingerprint density at radius 2 is 1.78 bits per heavy atom. The van der Waals surface area contributed by atoms with Crippen LogP contribution in [-0.4, -0.2) is 48.9 Å². The molecule has 0 unspecified atom stereocenters. The Morgan fingerprint density at radius 1 is 1.13 bits per heavy atom. The number of hydrogen-bond acceptors (Lipinski definition) is 5. The van der Waals surface area contributed by atoms with Gasteiger partial charge in [0.15, 0.2) is 0 Å². The van der Waals surface area contributed by atoms with Gasteiger partial charge in [-0.3, -0.25) is 0 Å². The molecule has 130 valence electrons. The molecular weight excluding hydrogens is 316 g/mol.